The van der Waals surface area contributed by atoms with Crippen LogP contribution in [-0.4, -0.2) is 30.1 Å². The van der Waals surface area contributed by atoms with Crippen LogP contribution in [0.3, 0.4) is 0 Å². The Kier molecular flexibility index (Phi) is 6.59. The SMILES string of the molecule is O=C(NCC(CCO)c1ccccc1)C(=O)Nc1cccc(F)c1F. The molecule has 0 saturated heterocycles. The topological polar surface area (TPSA) is 78.4 Å². The number of benzene rings is 2. The molecule has 5 nitrogen and oxygen atoms in total. The van der Waals surface area contributed by atoms with Crippen molar-refractivity contribution < 1.29 is 23.5 Å². The number of rotatable bonds is 6. The van der Waals surface area contributed by atoms with E-state index in [0.29, 0.717) is 6.42 Å². The van der Waals surface area contributed by atoms with Crippen LogP contribution in [0, 0.1) is 11.6 Å². The molecule has 0 radical (unpaired) electrons. The van der Waals surface area contributed by atoms with E-state index in [-0.39, 0.29) is 19.1 Å². The number of hydrogen-bond donors (Lipinski definition) is 3. The molecule has 2 aromatic carbocycles. The van der Waals surface area contributed by atoms with E-state index < -0.39 is 29.1 Å². The molecule has 1 atom stereocenters. The molecule has 0 bridgehead atoms. The fourth-order valence-electron chi connectivity index (χ4n) is 2.34. The molecule has 0 aliphatic rings. The van der Waals surface area contributed by atoms with E-state index in [9.17, 15) is 18.4 Å². The molecule has 0 fully saturated rings. The molecule has 25 heavy (non-hydrogen) atoms. The summed E-state index contributed by atoms with van der Waals surface area (Å²) in [5.41, 5.74) is 0.503. The van der Waals surface area contributed by atoms with Crippen LogP contribution in [-0.2, 0) is 9.59 Å². The summed E-state index contributed by atoms with van der Waals surface area (Å²) < 4.78 is 26.6. The number of anilines is 1. The van der Waals surface area contributed by atoms with Crippen LogP contribution in [0.2, 0.25) is 0 Å². The van der Waals surface area contributed by atoms with E-state index in [1.54, 1.807) is 0 Å². The minimum Gasteiger partial charge on any atom is -0.396 e. The van der Waals surface area contributed by atoms with Crippen LogP contribution in [0.4, 0.5) is 14.5 Å². The normalized spacial score (nSPS) is 11.6. The van der Waals surface area contributed by atoms with Crippen molar-refractivity contribution in [2.24, 2.45) is 0 Å². The first-order chi connectivity index (χ1) is 12.0. The average Bonchev–Trinajstić information content (AvgIpc) is 2.63. The third kappa shape index (κ3) is 5.09. The number of nitrogens with one attached hydrogen (secondary N) is 2. The Balaban J connectivity index is 1.96. The fourth-order valence-corrected chi connectivity index (χ4v) is 2.34. The highest BCUT2D eigenvalue weighted by atomic mass is 19.2. The Bertz CT molecular complexity index is 738. The van der Waals surface area contributed by atoms with Gasteiger partial charge in [0.1, 0.15) is 0 Å². The number of amides is 2. The first-order valence-corrected chi connectivity index (χ1v) is 7.72. The van der Waals surface area contributed by atoms with Gasteiger partial charge in [-0.15, -0.1) is 0 Å². The number of carbonyl (C=O) groups is 2. The highest BCUT2D eigenvalue weighted by molar-refractivity contribution is 6.39. The van der Waals surface area contributed by atoms with Crippen molar-refractivity contribution in [3.63, 3.8) is 0 Å². The molecule has 0 spiro atoms. The number of aliphatic hydroxyl groups is 1. The van der Waals surface area contributed by atoms with E-state index in [1.165, 1.54) is 6.07 Å². The monoisotopic (exact) mass is 348 g/mol. The number of carbonyl (C=O) groups excluding carboxylic acids is 2. The molecule has 0 aromatic heterocycles. The zero-order chi connectivity index (χ0) is 18.2. The summed E-state index contributed by atoms with van der Waals surface area (Å²) >= 11 is 0. The zero-order valence-corrected chi connectivity index (χ0v) is 13.3. The maximum atomic E-state index is 13.5. The van der Waals surface area contributed by atoms with Crippen molar-refractivity contribution >= 4 is 17.5 Å². The first-order valence-electron chi connectivity index (χ1n) is 7.72. The second-order valence-electron chi connectivity index (χ2n) is 5.39. The van der Waals surface area contributed by atoms with Crippen LogP contribution < -0.4 is 10.6 Å². The largest absolute Gasteiger partial charge is 0.396 e. The molecule has 2 aromatic rings. The van der Waals surface area contributed by atoms with Crippen molar-refractivity contribution in [2.75, 3.05) is 18.5 Å². The van der Waals surface area contributed by atoms with Crippen molar-refractivity contribution in [2.45, 2.75) is 12.3 Å². The number of halogens is 2. The van der Waals surface area contributed by atoms with E-state index in [4.69, 9.17) is 5.11 Å². The van der Waals surface area contributed by atoms with Gasteiger partial charge in [-0.1, -0.05) is 36.4 Å². The lowest BCUT2D eigenvalue weighted by Gasteiger charge is -2.17. The molecule has 0 aliphatic heterocycles. The summed E-state index contributed by atoms with van der Waals surface area (Å²) in [6.07, 6.45) is 0.407. The second kappa shape index (κ2) is 8.89. The maximum absolute atomic E-state index is 13.5. The molecule has 0 saturated carbocycles. The predicted molar refractivity (Wildman–Crippen MR) is 88.9 cm³/mol. The Morgan fingerprint density at radius 1 is 1.00 bits per heavy atom. The quantitative estimate of drug-likeness (QED) is 0.700. The number of aliphatic hydroxyl groups excluding tert-OH is 1. The van der Waals surface area contributed by atoms with Crippen molar-refractivity contribution in [1.29, 1.82) is 0 Å². The molecular weight excluding hydrogens is 330 g/mol. The number of hydrogen-bond acceptors (Lipinski definition) is 3. The summed E-state index contributed by atoms with van der Waals surface area (Å²) in [5, 5.41) is 13.6. The predicted octanol–water partition coefficient (Wildman–Crippen LogP) is 2.19. The second-order valence-corrected chi connectivity index (χ2v) is 5.39. The standard InChI is InChI=1S/C18H18F2N2O3/c19-14-7-4-8-15(16(14)20)22-18(25)17(24)21-11-13(9-10-23)12-5-2-1-3-6-12/h1-8,13,23H,9-11H2,(H,21,24)(H,22,25). The molecule has 2 rings (SSSR count). The van der Waals surface area contributed by atoms with Crippen LogP contribution in [0.5, 0.6) is 0 Å². The highest BCUT2D eigenvalue weighted by Crippen LogP contribution is 2.18. The third-order valence-electron chi connectivity index (χ3n) is 3.66. The van der Waals surface area contributed by atoms with E-state index in [0.717, 1.165) is 17.7 Å². The van der Waals surface area contributed by atoms with Crippen LogP contribution in [0.1, 0.15) is 17.9 Å². The summed E-state index contributed by atoms with van der Waals surface area (Å²) in [5.74, 6) is -4.59. The van der Waals surface area contributed by atoms with Crippen LogP contribution in [0.15, 0.2) is 48.5 Å². The third-order valence-corrected chi connectivity index (χ3v) is 3.66. The molecule has 0 aliphatic carbocycles. The van der Waals surface area contributed by atoms with Crippen LogP contribution in [0.25, 0.3) is 0 Å². The van der Waals surface area contributed by atoms with Gasteiger partial charge in [0.2, 0.25) is 0 Å². The molecule has 3 N–H and O–H groups in total. The minimum absolute atomic E-state index is 0.0733. The Labute approximate surface area is 143 Å². The van der Waals surface area contributed by atoms with Crippen molar-refractivity contribution in [3.05, 3.63) is 65.7 Å². The van der Waals surface area contributed by atoms with Crippen LogP contribution >= 0.6 is 0 Å². The van der Waals surface area contributed by atoms with Gasteiger partial charge in [-0.25, -0.2) is 8.78 Å². The van der Waals surface area contributed by atoms with Gasteiger partial charge in [0.25, 0.3) is 0 Å². The Hall–Kier alpha value is -2.80. The molecule has 132 valence electrons. The van der Waals surface area contributed by atoms with Gasteiger partial charge < -0.3 is 15.7 Å². The fraction of sp³-hybridized carbons (Fsp3) is 0.222. The lowest BCUT2D eigenvalue weighted by atomic mass is 9.96. The summed E-state index contributed by atoms with van der Waals surface area (Å²) in [7, 11) is 0. The van der Waals surface area contributed by atoms with Gasteiger partial charge in [0, 0.05) is 19.1 Å². The minimum atomic E-state index is -1.23. The Morgan fingerprint density at radius 2 is 1.72 bits per heavy atom. The smallest absolute Gasteiger partial charge is 0.313 e. The van der Waals surface area contributed by atoms with Gasteiger partial charge in [0.05, 0.1) is 5.69 Å². The van der Waals surface area contributed by atoms with Gasteiger partial charge >= 0.3 is 11.8 Å². The van der Waals surface area contributed by atoms with Crippen molar-refractivity contribution in [3.8, 4) is 0 Å². The first kappa shape index (κ1) is 18.5. The van der Waals surface area contributed by atoms with Gasteiger partial charge in [0.15, 0.2) is 11.6 Å². The summed E-state index contributed by atoms with van der Waals surface area (Å²) in [4.78, 5) is 23.7. The summed E-state index contributed by atoms with van der Waals surface area (Å²) in [6.45, 7) is 0.0542. The van der Waals surface area contributed by atoms with E-state index in [2.05, 4.69) is 5.32 Å². The van der Waals surface area contributed by atoms with Gasteiger partial charge in [-0.3, -0.25) is 9.59 Å². The molecule has 1 unspecified atom stereocenters. The lowest BCUT2D eigenvalue weighted by molar-refractivity contribution is -0.136. The lowest BCUT2D eigenvalue weighted by Crippen LogP contribution is -2.38. The molecular formula is C18H18F2N2O3. The maximum Gasteiger partial charge on any atom is 0.313 e. The highest BCUT2D eigenvalue weighted by Gasteiger charge is 2.19. The van der Waals surface area contributed by atoms with E-state index in [1.807, 2.05) is 35.6 Å². The average molecular weight is 348 g/mol. The van der Waals surface area contributed by atoms with Gasteiger partial charge in [-0.05, 0) is 24.1 Å². The van der Waals surface area contributed by atoms with E-state index >= 15 is 0 Å². The van der Waals surface area contributed by atoms with Crippen molar-refractivity contribution in [1.82, 2.24) is 5.32 Å². The van der Waals surface area contributed by atoms with Gasteiger partial charge in [-0.2, -0.15) is 0 Å². The zero-order valence-electron chi connectivity index (χ0n) is 13.3. The summed E-state index contributed by atoms with van der Waals surface area (Å²) in [6, 6.07) is 12.5. The molecule has 0 heterocycles. The Morgan fingerprint density at radius 3 is 2.40 bits per heavy atom. The molecule has 2 amide bonds. The molecule has 7 heteroatoms.